The maximum Gasteiger partial charge on any atom is 0.329 e. The molecule has 0 atom stereocenters. The van der Waals surface area contributed by atoms with Gasteiger partial charge in [-0.2, -0.15) is 0 Å². The number of aromatic nitrogens is 3. The summed E-state index contributed by atoms with van der Waals surface area (Å²) in [5, 5.41) is 6.23. The number of anilines is 1. The Morgan fingerprint density at radius 2 is 1.86 bits per heavy atom. The number of carbonyl (C=O) groups excluding carboxylic acids is 1. The van der Waals surface area contributed by atoms with Gasteiger partial charge in [-0.1, -0.05) is 5.16 Å². The molecule has 10 nitrogen and oxygen atoms in total. The first kappa shape index (κ1) is 19.9. The van der Waals surface area contributed by atoms with Gasteiger partial charge in [0, 0.05) is 24.7 Å². The first-order valence-electron chi connectivity index (χ1n) is 8.91. The summed E-state index contributed by atoms with van der Waals surface area (Å²) in [6.45, 7) is 4.70. The van der Waals surface area contributed by atoms with Crippen LogP contribution in [0.15, 0.2) is 44.4 Å². The summed E-state index contributed by atoms with van der Waals surface area (Å²) in [6, 6.07) is 7.79. The molecule has 29 heavy (non-hydrogen) atoms. The number of nitrogens with one attached hydrogen (secondary N) is 2. The molecule has 0 fully saturated rings. The molecule has 2 N–H and O–H groups in total. The molecule has 1 amide bonds. The monoisotopic (exact) mass is 400 g/mol. The third-order valence-corrected chi connectivity index (χ3v) is 3.98. The van der Waals surface area contributed by atoms with E-state index in [1.165, 1.54) is 13.1 Å². The van der Waals surface area contributed by atoms with Crippen molar-refractivity contribution in [1.82, 2.24) is 14.7 Å². The first-order valence-corrected chi connectivity index (χ1v) is 8.91. The van der Waals surface area contributed by atoms with Crippen LogP contribution in [0.1, 0.15) is 24.3 Å². The van der Waals surface area contributed by atoms with Gasteiger partial charge in [0.25, 0.3) is 11.5 Å². The predicted octanol–water partition coefficient (Wildman–Crippen LogP) is 1.78. The van der Waals surface area contributed by atoms with E-state index in [0.29, 0.717) is 36.0 Å². The van der Waals surface area contributed by atoms with Crippen molar-refractivity contribution in [1.29, 1.82) is 0 Å². The van der Waals surface area contributed by atoms with Crippen molar-refractivity contribution < 1.29 is 18.8 Å². The van der Waals surface area contributed by atoms with Gasteiger partial charge in [-0.05, 0) is 32.0 Å². The lowest BCUT2D eigenvalue weighted by molar-refractivity contribution is 0.101. The van der Waals surface area contributed by atoms with Crippen LogP contribution in [0.4, 0.5) is 5.82 Å². The number of carbonyl (C=O) groups is 1. The lowest BCUT2D eigenvalue weighted by Crippen LogP contribution is -2.31. The number of hydrogen-bond acceptors (Lipinski definition) is 7. The number of aromatic amines is 1. The fourth-order valence-corrected chi connectivity index (χ4v) is 2.58. The predicted molar refractivity (Wildman–Crippen MR) is 105 cm³/mol. The molecule has 0 radical (unpaired) electrons. The fourth-order valence-electron chi connectivity index (χ4n) is 2.58. The third kappa shape index (κ3) is 4.37. The van der Waals surface area contributed by atoms with Gasteiger partial charge in [-0.3, -0.25) is 19.1 Å². The minimum atomic E-state index is -0.647. The Labute approximate surface area is 165 Å². The van der Waals surface area contributed by atoms with Crippen molar-refractivity contribution in [2.45, 2.75) is 13.8 Å². The number of nitrogens with zero attached hydrogens (tertiary/aromatic N) is 2. The molecule has 3 rings (SSSR count). The van der Waals surface area contributed by atoms with E-state index in [4.69, 9.17) is 14.0 Å². The summed E-state index contributed by atoms with van der Waals surface area (Å²) in [5.74, 6) is 0.905. The largest absolute Gasteiger partial charge is 0.490 e. The number of hydrogen-bond donors (Lipinski definition) is 2. The zero-order chi connectivity index (χ0) is 21.0. The van der Waals surface area contributed by atoms with Crippen LogP contribution in [0.5, 0.6) is 11.5 Å². The van der Waals surface area contributed by atoms with E-state index in [-0.39, 0.29) is 11.5 Å². The molecule has 152 valence electrons. The second-order valence-corrected chi connectivity index (χ2v) is 5.94. The number of rotatable bonds is 7. The maximum atomic E-state index is 12.4. The van der Waals surface area contributed by atoms with Gasteiger partial charge in [-0.15, -0.1) is 0 Å². The molecule has 2 aromatic heterocycles. The molecule has 3 aromatic rings. The van der Waals surface area contributed by atoms with Gasteiger partial charge in [-0.25, -0.2) is 4.79 Å². The van der Waals surface area contributed by atoms with E-state index in [0.717, 1.165) is 10.6 Å². The molecule has 0 aliphatic carbocycles. The zero-order valence-corrected chi connectivity index (χ0v) is 16.1. The van der Waals surface area contributed by atoms with E-state index < -0.39 is 17.2 Å². The minimum Gasteiger partial charge on any atom is -0.490 e. The number of benzene rings is 1. The van der Waals surface area contributed by atoms with Gasteiger partial charge >= 0.3 is 5.69 Å². The summed E-state index contributed by atoms with van der Waals surface area (Å²) in [7, 11) is 1.41. The Kier molecular flexibility index (Phi) is 5.82. The molecule has 2 heterocycles. The van der Waals surface area contributed by atoms with Gasteiger partial charge < -0.3 is 19.3 Å². The summed E-state index contributed by atoms with van der Waals surface area (Å²) < 4.78 is 17.5. The normalized spacial score (nSPS) is 10.6. The van der Waals surface area contributed by atoms with Crippen LogP contribution in [0, 0.1) is 0 Å². The van der Waals surface area contributed by atoms with Crippen LogP contribution in [0.25, 0.3) is 11.3 Å². The van der Waals surface area contributed by atoms with Crippen LogP contribution in [0.3, 0.4) is 0 Å². The van der Waals surface area contributed by atoms with E-state index >= 15 is 0 Å². The Balaban J connectivity index is 1.85. The van der Waals surface area contributed by atoms with Crippen molar-refractivity contribution in [2.75, 3.05) is 18.5 Å². The molecular formula is C19H20N4O6. The SMILES string of the molecule is CCOc1ccc(-c2cc(C(=O)Nc3cc(=O)[nH]c(=O)n3C)no2)cc1OCC. The fraction of sp³-hybridized carbons (Fsp3) is 0.263. The van der Waals surface area contributed by atoms with Crippen molar-refractivity contribution in [3.05, 3.63) is 56.9 Å². The van der Waals surface area contributed by atoms with E-state index in [2.05, 4.69) is 15.5 Å². The summed E-state index contributed by atoms with van der Waals surface area (Å²) >= 11 is 0. The topological polar surface area (TPSA) is 128 Å². The van der Waals surface area contributed by atoms with Crippen molar-refractivity contribution in [3.8, 4) is 22.8 Å². The molecule has 0 aliphatic rings. The highest BCUT2D eigenvalue weighted by Gasteiger charge is 2.17. The maximum absolute atomic E-state index is 12.4. The van der Waals surface area contributed by atoms with E-state index in [1.807, 2.05) is 13.8 Å². The second kappa shape index (κ2) is 8.46. The lowest BCUT2D eigenvalue weighted by atomic mass is 10.1. The molecule has 0 bridgehead atoms. The molecule has 0 aliphatic heterocycles. The Morgan fingerprint density at radius 1 is 1.14 bits per heavy atom. The number of ether oxygens (including phenoxy) is 2. The van der Waals surface area contributed by atoms with Crippen molar-refractivity contribution in [3.63, 3.8) is 0 Å². The number of amides is 1. The van der Waals surface area contributed by atoms with Gasteiger partial charge in [0.15, 0.2) is 23.0 Å². The average Bonchev–Trinajstić information content (AvgIpc) is 3.18. The van der Waals surface area contributed by atoms with Crippen molar-refractivity contribution >= 4 is 11.7 Å². The van der Waals surface area contributed by atoms with E-state index in [1.54, 1.807) is 18.2 Å². The van der Waals surface area contributed by atoms with Gasteiger partial charge in [0.2, 0.25) is 0 Å². The first-order chi connectivity index (χ1) is 13.9. The molecule has 0 saturated heterocycles. The van der Waals surface area contributed by atoms with Crippen LogP contribution >= 0.6 is 0 Å². The molecule has 0 spiro atoms. The van der Waals surface area contributed by atoms with E-state index in [9.17, 15) is 14.4 Å². The Morgan fingerprint density at radius 3 is 2.59 bits per heavy atom. The van der Waals surface area contributed by atoms with Gasteiger partial charge in [0.05, 0.1) is 13.2 Å². The smallest absolute Gasteiger partial charge is 0.329 e. The molecule has 1 aromatic carbocycles. The van der Waals surface area contributed by atoms with Crippen LogP contribution in [-0.2, 0) is 7.05 Å². The molecular weight excluding hydrogens is 380 g/mol. The summed E-state index contributed by atoms with van der Waals surface area (Å²) in [4.78, 5) is 37.6. The van der Waals surface area contributed by atoms with Crippen molar-refractivity contribution in [2.24, 2.45) is 7.05 Å². The van der Waals surface area contributed by atoms with Gasteiger partial charge in [0.1, 0.15) is 5.82 Å². The molecule has 10 heteroatoms. The third-order valence-electron chi connectivity index (χ3n) is 3.98. The average molecular weight is 400 g/mol. The summed E-state index contributed by atoms with van der Waals surface area (Å²) in [6.07, 6.45) is 0. The van der Waals surface area contributed by atoms with Crippen LogP contribution < -0.4 is 26.0 Å². The highest BCUT2D eigenvalue weighted by molar-refractivity contribution is 6.02. The molecule has 0 unspecified atom stereocenters. The lowest BCUT2D eigenvalue weighted by Gasteiger charge is -2.11. The minimum absolute atomic E-state index is 0.0143. The molecule has 0 saturated carbocycles. The zero-order valence-electron chi connectivity index (χ0n) is 16.1. The quantitative estimate of drug-likeness (QED) is 0.618. The highest BCUT2D eigenvalue weighted by atomic mass is 16.5. The van der Waals surface area contributed by atoms with Crippen LogP contribution in [0.2, 0.25) is 0 Å². The van der Waals surface area contributed by atoms with Crippen LogP contribution in [-0.4, -0.2) is 33.8 Å². The Hall–Kier alpha value is -3.82. The summed E-state index contributed by atoms with van der Waals surface area (Å²) in [5.41, 5.74) is -0.639. The standard InChI is InChI=1S/C19H20N4O6/c1-4-27-13-7-6-11(8-15(13)28-5-2)14-9-12(22-29-14)18(25)20-16-10-17(24)21-19(26)23(16)3/h6-10H,4-5H2,1-3H3,(H,20,25)(H,21,24,26). The Bertz CT molecular complexity index is 1140. The second-order valence-electron chi connectivity index (χ2n) is 5.94. The number of H-pyrrole nitrogens is 1. The highest BCUT2D eigenvalue weighted by Crippen LogP contribution is 2.33.